The lowest BCUT2D eigenvalue weighted by Crippen LogP contribution is -2.26. The van der Waals surface area contributed by atoms with Crippen LogP contribution in [0.15, 0.2) is 33.7 Å². The number of fused-ring (bicyclic) bond motifs is 1. The Morgan fingerprint density at radius 1 is 1.29 bits per heavy atom. The van der Waals surface area contributed by atoms with E-state index in [1.165, 1.54) is 25.2 Å². The second-order valence-electron chi connectivity index (χ2n) is 9.06. The van der Waals surface area contributed by atoms with Gasteiger partial charge >= 0.3 is 0 Å². The number of methoxy groups -OCH3 is 1. The molecule has 0 saturated carbocycles. The Hall–Kier alpha value is -3.43. The monoisotopic (exact) mass is 529 g/mol. The van der Waals surface area contributed by atoms with Crippen molar-refractivity contribution in [3.63, 3.8) is 0 Å². The molecule has 2 unspecified atom stereocenters. The number of hydrogen-bond donors (Lipinski definition) is 2. The van der Waals surface area contributed by atoms with Crippen LogP contribution in [0.3, 0.4) is 0 Å². The number of nitrogens with one attached hydrogen (secondary N) is 1. The molecule has 3 N–H and O–H groups in total. The van der Waals surface area contributed by atoms with E-state index < -0.39 is 11.7 Å². The molecule has 0 amide bonds. The number of azo groups is 1. The summed E-state index contributed by atoms with van der Waals surface area (Å²) in [4.78, 5) is 20.0. The number of nitrogens with two attached hydrogens (primary N) is 1. The smallest absolute Gasteiger partial charge is 0.213 e. The van der Waals surface area contributed by atoms with E-state index in [4.69, 9.17) is 10.6 Å². The Bertz CT molecular complexity index is 1090. The first-order valence-corrected chi connectivity index (χ1v) is 13.3. The summed E-state index contributed by atoms with van der Waals surface area (Å²) >= 11 is 0. The minimum atomic E-state index is -0.460. The van der Waals surface area contributed by atoms with Crippen molar-refractivity contribution in [1.82, 2.24) is 9.97 Å². The topological polar surface area (TPSA) is 127 Å². The minimum Gasteiger partial charge on any atom is -0.481 e. The van der Waals surface area contributed by atoms with Gasteiger partial charge in [-0.3, -0.25) is 4.79 Å². The van der Waals surface area contributed by atoms with Crippen LogP contribution in [0.25, 0.3) is 0 Å². The quantitative estimate of drug-likeness (QED) is 0.141. The van der Waals surface area contributed by atoms with Crippen molar-refractivity contribution in [2.45, 2.75) is 92.0 Å². The number of halogens is 1. The number of carbonyl (C=O) groups is 1. The van der Waals surface area contributed by atoms with Crippen molar-refractivity contribution >= 4 is 17.4 Å². The minimum absolute atomic E-state index is 0.0367. The molecule has 9 nitrogen and oxygen atoms in total. The van der Waals surface area contributed by atoms with Crippen molar-refractivity contribution in [2.75, 3.05) is 19.5 Å². The molecule has 1 aliphatic rings. The number of pyridine rings is 2. The zero-order chi connectivity index (χ0) is 28.7. The van der Waals surface area contributed by atoms with Crippen LogP contribution in [0.2, 0.25) is 0 Å². The lowest BCUT2D eigenvalue weighted by molar-refractivity contribution is -0.120. The van der Waals surface area contributed by atoms with Gasteiger partial charge in [-0.25, -0.2) is 14.4 Å². The number of rotatable bonds is 7. The molecule has 1 aliphatic heterocycles. The van der Waals surface area contributed by atoms with E-state index in [1.54, 1.807) is 14.0 Å². The van der Waals surface area contributed by atoms with Gasteiger partial charge in [0.1, 0.15) is 17.4 Å². The second kappa shape index (κ2) is 17.1. The van der Waals surface area contributed by atoms with Crippen LogP contribution < -0.4 is 15.9 Å². The molecule has 0 fully saturated rings. The molecule has 0 aliphatic carbocycles. The van der Waals surface area contributed by atoms with Crippen LogP contribution in [0.5, 0.6) is 5.88 Å². The molecular formula is C28H44FN7O2. The number of ketones is 1. The largest absolute Gasteiger partial charge is 0.481 e. The predicted octanol–water partition coefficient (Wildman–Crippen LogP) is 6.35. The highest BCUT2D eigenvalue weighted by Crippen LogP contribution is 2.27. The maximum atomic E-state index is 13.5. The predicted molar refractivity (Wildman–Crippen MR) is 152 cm³/mol. The highest BCUT2D eigenvalue weighted by molar-refractivity contribution is 6.00. The third-order valence-electron chi connectivity index (χ3n) is 5.96. The van der Waals surface area contributed by atoms with Crippen LogP contribution in [0, 0.1) is 12.7 Å². The molecule has 2 aromatic rings. The normalized spacial score (nSPS) is 15.3. The van der Waals surface area contributed by atoms with Crippen LogP contribution in [-0.2, 0) is 11.2 Å². The third kappa shape index (κ3) is 9.46. The zero-order valence-corrected chi connectivity index (χ0v) is 24.1. The third-order valence-corrected chi connectivity index (χ3v) is 5.96. The summed E-state index contributed by atoms with van der Waals surface area (Å²) in [5.74, 6) is 6.23. The van der Waals surface area contributed by atoms with E-state index in [-0.39, 0.29) is 5.78 Å². The van der Waals surface area contributed by atoms with E-state index >= 15 is 0 Å². The molecule has 0 saturated heterocycles. The highest BCUT2D eigenvalue weighted by Gasteiger charge is 2.21. The fourth-order valence-electron chi connectivity index (χ4n) is 3.85. The first-order valence-electron chi connectivity index (χ1n) is 13.3. The average Bonchev–Trinajstić information content (AvgIpc) is 2.92. The number of nitrogens with zero attached hydrogens (tertiary/aromatic N) is 5. The van der Waals surface area contributed by atoms with Crippen molar-refractivity contribution in [2.24, 2.45) is 21.2 Å². The summed E-state index contributed by atoms with van der Waals surface area (Å²) in [5, 5.41) is 14.8. The molecule has 3 heterocycles. The second-order valence-corrected chi connectivity index (χ2v) is 9.06. The van der Waals surface area contributed by atoms with Gasteiger partial charge in [0.15, 0.2) is 0 Å². The standard InChI is InChI=1S/C13H20N6.C12H16FNO2.C3H8/c1-4-10-6-5-9-7-11(13(18-14)19-15-3)8(2)16-12(9)17-10;1-4-5-11(15)8(2)9-6-12(16-3)14-7-10(9)13;1-3-2/h7,10H,4-6,14H2,1-3H3,(H,16,17);6-8H,4-5H2,1-3H3;3H2,1-2H3/b18-13-,19-15?;;. The highest BCUT2D eigenvalue weighted by atomic mass is 19.1. The molecular weight excluding hydrogens is 485 g/mol. The van der Waals surface area contributed by atoms with E-state index in [2.05, 4.69) is 57.5 Å². The van der Waals surface area contributed by atoms with Gasteiger partial charge in [0.05, 0.1) is 19.0 Å². The van der Waals surface area contributed by atoms with Gasteiger partial charge in [0.2, 0.25) is 11.7 Å². The van der Waals surface area contributed by atoms with Crippen LogP contribution >= 0.6 is 0 Å². The number of aromatic nitrogens is 2. The van der Waals surface area contributed by atoms with Crippen molar-refractivity contribution in [3.8, 4) is 5.88 Å². The summed E-state index contributed by atoms with van der Waals surface area (Å²) < 4.78 is 18.4. The molecule has 0 bridgehead atoms. The number of aryl methyl sites for hydroxylation is 2. The first-order chi connectivity index (χ1) is 18.2. The number of anilines is 1. The average molecular weight is 530 g/mol. The number of Topliss-reactive ketones (excluding diaryl/α,β-unsaturated/α-hetero) is 1. The summed E-state index contributed by atoms with van der Waals surface area (Å²) in [6.07, 6.45) is 6.82. The zero-order valence-electron chi connectivity index (χ0n) is 24.1. The summed E-state index contributed by atoms with van der Waals surface area (Å²) in [7, 11) is 3.06. The summed E-state index contributed by atoms with van der Waals surface area (Å²) in [5.41, 5.74) is 3.26. The van der Waals surface area contributed by atoms with E-state index in [1.807, 2.05) is 13.8 Å². The number of hydrazone groups is 1. The summed E-state index contributed by atoms with van der Waals surface area (Å²) in [6.45, 7) is 12.0. The molecule has 10 heteroatoms. The van der Waals surface area contributed by atoms with Gasteiger partial charge in [-0.2, -0.15) is 10.2 Å². The Kier molecular flexibility index (Phi) is 14.7. The fourth-order valence-corrected chi connectivity index (χ4v) is 3.85. The van der Waals surface area contributed by atoms with E-state index in [0.717, 1.165) is 49.0 Å². The maximum Gasteiger partial charge on any atom is 0.213 e. The molecule has 0 spiro atoms. The Labute approximate surface area is 226 Å². The molecule has 0 radical (unpaired) electrons. The van der Waals surface area contributed by atoms with Gasteiger partial charge in [-0.15, -0.1) is 5.11 Å². The van der Waals surface area contributed by atoms with Gasteiger partial charge < -0.3 is 15.9 Å². The number of carbonyl (C=O) groups excluding carboxylic acids is 1. The van der Waals surface area contributed by atoms with Gasteiger partial charge in [-0.1, -0.05) is 41.0 Å². The van der Waals surface area contributed by atoms with Gasteiger partial charge in [0, 0.05) is 42.6 Å². The Balaban J connectivity index is 0.000000349. The van der Waals surface area contributed by atoms with Gasteiger partial charge in [0.25, 0.3) is 0 Å². The SMILES string of the molecule is CCC.CCC1CCc2cc(/C(N=NC)=N/N)c(C)nc2N1.CCCC(=O)C(C)c1cc(OC)ncc1F. The first kappa shape index (κ1) is 32.6. The van der Waals surface area contributed by atoms with Crippen molar-refractivity contribution < 1.29 is 13.9 Å². The van der Waals surface area contributed by atoms with E-state index in [0.29, 0.717) is 29.7 Å². The molecule has 2 aromatic heterocycles. The number of amidine groups is 1. The Morgan fingerprint density at radius 2 is 1.97 bits per heavy atom. The van der Waals surface area contributed by atoms with Crippen LogP contribution in [-0.4, -0.2) is 41.8 Å². The summed E-state index contributed by atoms with van der Waals surface area (Å²) in [6, 6.07) is 4.06. The molecule has 2 atom stereocenters. The fraction of sp³-hybridized carbons (Fsp3) is 0.571. The van der Waals surface area contributed by atoms with Gasteiger partial charge in [-0.05, 0) is 44.2 Å². The van der Waals surface area contributed by atoms with E-state index in [9.17, 15) is 9.18 Å². The Morgan fingerprint density at radius 3 is 2.53 bits per heavy atom. The molecule has 3 rings (SSSR count). The van der Waals surface area contributed by atoms with Crippen molar-refractivity contribution in [3.05, 3.63) is 46.5 Å². The lowest BCUT2D eigenvalue weighted by Gasteiger charge is -2.26. The molecule has 38 heavy (non-hydrogen) atoms. The van der Waals surface area contributed by atoms with Crippen LogP contribution in [0.1, 0.15) is 95.0 Å². The molecule has 210 valence electrons. The molecule has 0 aromatic carbocycles. The van der Waals surface area contributed by atoms with Crippen molar-refractivity contribution in [1.29, 1.82) is 0 Å². The number of hydrogen-bond acceptors (Lipinski definition) is 8. The maximum absolute atomic E-state index is 13.5. The lowest BCUT2D eigenvalue weighted by atomic mass is 9.94. The van der Waals surface area contributed by atoms with Crippen LogP contribution in [0.4, 0.5) is 10.2 Å². The number of ether oxygens (including phenoxy) is 1.